The van der Waals surface area contributed by atoms with Crippen molar-refractivity contribution >= 4 is 46.5 Å². The first-order valence-corrected chi connectivity index (χ1v) is 11.4. The number of hydrogen-bond donors (Lipinski definition) is 1. The molecule has 0 aliphatic heterocycles. The molecule has 2 aromatic rings. The number of amides is 1. The van der Waals surface area contributed by atoms with Gasteiger partial charge in [-0.3, -0.25) is 4.79 Å². The van der Waals surface area contributed by atoms with Crippen LogP contribution in [0.15, 0.2) is 47.6 Å². The van der Waals surface area contributed by atoms with Crippen LogP contribution in [0.4, 0.5) is 5.69 Å². The van der Waals surface area contributed by atoms with Crippen LogP contribution in [0.1, 0.15) is 56.0 Å². The van der Waals surface area contributed by atoms with E-state index in [-0.39, 0.29) is 11.3 Å². The van der Waals surface area contributed by atoms with Crippen molar-refractivity contribution in [2.75, 3.05) is 5.32 Å². The maximum absolute atomic E-state index is 13.6. The van der Waals surface area contributed by atoms with E-state index in [1.54, 1.807) is 30.3 Å². The lowest BCUT2D eigenvalue weighted by atomic mass is 9.64. The Morgan fingerprint density at radius 2 is 1.62 bits per heavy atom. The number of para-hydroxylation sites is 1. The van der Waals surface area contributed by atoms with Gasteiger partial charge >= 0.3 is 5.97 Å². The standard InChI is InChI=1S/C25H26Cl2N2O3/c1-15-8-10-16(11-9-15)21(30)32-29-19-14-25(13-12-24(19,4)23(25,2)3)22(31)28-20-17(26)6-5-7-18(20)27/h5-11H,12-14H2,1-4H3,(H,28,31)/b29-19+. The van der Waals surface area contributed by atoms with Gasteiger partial charge in [-0.25, -0.2) is 4.79 Å². The van der Waals surface area contributed by atoms with Gasteiger partial charge in [0.05, 0.1) is 32.4 Å². The monoisotopic (exact) mass is 472 g/mol. The van der Waals surface area contributed by atoms with Crippen molar-refractivity contribution < 1.29 is 14.4 Å². The molecule has 0 heterocycles. The van der Waals surface area contributed by atoms with E-state index in [0.29, 0.717) is 34.1 Å². The minimum atomic E-state index is -0.709. The Kier molecular flexibility index (Phi) is 5.62. The molecule has 4 rings (SSSR count). The molecule has 0 saturated heterocycles. The third kappa shape index (κ3) is 3.34. The lowest BCUT2D eigenvalue weighted by molar-refractivity contribution is -0.130. The highest BCUT2D eigenvalue weighted by molar-refractivity contribution is 6.39. The Hall–Kier alpha value is -2.37. The van der Waals surface area contributed by atoms with Crippen LogP contribution in [0.25, 0.3) is 0 Å². The fraction of sp³-hybridized carbons (Fsp3) is 0.400. The van der Waals surface area contributed by atoms with E-state index >= 15 is 0 Å². The molecule has 0 radical (unpaired) electrons. The van der Waals surface area contributed by atoms with Crippen LogP contribution >= 0.6 is 23.2 Å². The average molecular weight is 473 g/mol. The molecular formula is C25H26Cl2N2O3. The van der Waals surface area contributed by atoms with Crippen LogP contribution in [0, 0.1) is 23.2 Å². The summed E-state index contributed by atoms with van der Waals surface area (Å²) >= 11 is 12.6. The number of halogens is 2. The molecule has 0 spiro atoms. The zero-order valence-electron chi connectivity index (χ0n) is 18.6. The average Bonchev–Trinajstić information content (AvgIpc) is 3.05. The second-order valence-corrected chi connectivity index (χ2v) is 10.4. The predicted molar refractivity (Wildman–Crippen MR) is 127 cm³/mol. The van der Waals surface area contributed by atoms with E-state index in [2.05, 4.69) is 31.2 Å². The Labute approximate surface area is 198 Å². The normalized spacial score (nSPS) is 26.9. The molecule has 2 aliphatic carbocycles. The number of nitrogens with zero attached hydrogens (tertiary/aromatic N) is 1. The van der Waals surface area contributed by atoms with Crippen LogP contribution in [0.3, 0.4) is 0 Å². The van der Waals surface area contributed by atoms with Crippen molar-refractivity contribution in [3.8, 4) is 0 Å². The zero-order valence-corrected chi connectivity index (χ0v) is 20.1. The number of anilines is 1. The molecule has 2 aliphatic rings. The van der Waals surface area contributed by atoms with Crippen LogP contribution in [0.5, 0.6) is 0 Å². The summed E-state index contributed by atoms with van der Waals surface area (Å²) in [7, 11) is 0. The first kappa shape index (κ1) is 22.8. The van der Waals surface area contributed by atoms with Gasteiger partial charge in [0.15, 0.2) is 0 Å². The first-order valence-electron chi connectivity index (χ1n) is 10.6. The lowest BCUT2D eigenvalue weighted by Gasteiger charge is -2.39. The third-order valence-corrected chi connectivity index (χ3v) is 8.53. The van der Waals surface area contributed by atoms with Gasteiger partial charge in [0, 0.05) is 11.8 Å². The molecule has 1 amide bonds. The van der Waals surface area contributed by atoms with Gasteiger partial charge in [-0.15, -0.1) is 0 Å². The number of nitrogens with one attached hydrogen (secondary N) is 1. The minimum absolute atomic E-state index is 0.142. The Bertz CT molecular complexity index is 1110. The van der Waals surface area contributed by atoms with E-state index in [1.807, 2.05) is 19.1 Å². The van der Waals surface area contributed by atoms with E-state index in [1.165, 1.54) is 0 Å². The number of aryl methyl sites for hydroxylation is 1. The number of rotatable bonds is 4. The molecule has 2 saturated carbocycles. The Balaban J connectivity index is 1.61. The molecule has 168 valence electrons. The highest BCUT2D eigenvalue weighted by Gasteiger charge is 2.71. The van der Waals surface area contributed by atoms with E-state index < -0.39 is 16.8 Å². The maximum atomic E-state index is 13.6. The summed E-state index contributed by atoms with van der Waals surface area (Å²) in [4.78, 5) is 31.4. The van der Waals surface area contributed by atoms with Gasteiger partial charge in [0.2, 0.25) is 5.91 Å². The summed E-state index contributed by atoms with van der Waals surface area (Å²) in [5.74, 6) is -0.653. The van der Waals surface area contributed by atoms with E-state index in [4.69, 9.17) is 28.0 Å². The molecule has 2 aromatic carbocycles. The number of hydrogen-bond acceptors (Lipinski definition) is 4. The van der Waals surface area contributed by atoms with Crippen molar-refractivity contribution in [1.29, 1.82) is 0 Å². The number of fused-ring (bicyclic) bond motifs is 2. The molecule has 7 heteroatoms. The lowest BCUT2D eigenvalue weighted by Crippen LogP contribution is -2.43. The largest absolute Gasteiger partial charge is 0.365 e. The first-order chi connectivity index (χ1) is 15.0. The van der Waals surface area contributed by atoms with Crippen LogP contribution in [-0.2, 0) is 9.63 Å². The van der Waals surface area contributed by atoms with Gasteiger partial charge in [-0.05, 0) is 49.4 Å². The minimum Gasteiger partial charge on any atom is -0.323 e. The number of oxime groups is 1. The third-order valence-electron chi connectivity index (χ3n) is 7.90. The van der Waals surface area contributed by atoms with Crippen LogP contribution in [-0.4, -0.2) is 17.6 Å². The van der Waals surface area contributed by atoms with Crippen molar-refractivity contribution in [2.24, 2.45) is 21.4 Å². The summed E-state index contributed by atoms with van der Waals surface area (Å²) < 4.78 is 0. The number of carbonyl (C=O) groups is 2. The van der Waals surface area contributed by atoms with Crippen LogP contribution < -0.4 is 5.32 Å². The quantitative estimate of drug-likeness (QED) is 0.398. The number of carbonyl (C=O) groups excluding carboxylic acids is 2. The predicted octanol–water partition coefficient (Wildman–Crippen LogP) is 6.67. The van der Waals surface area contributed by atoms with Crippen molar-refractivity contribution in [2.45, 2.75) is 47.0 Å². The van der Waals surface area contributed by atoms with Gasteiger partial charge in [0.25, 0.3) is 0 Å². The topological polar surface area (TPSA) is 67.8 Å². The van der Waals surface area contributed by atoms with Crippen LogP contribution in [0.2, 0.25) is 10.0 Å². The van der Waals surface area contributed by atoms with Crippen molar-refractivity contribution in [1.82, 2.24) is 0 Å². The van der Waals surface area contributed by atoms with Gasteiger partial charge in [-0.2, -0.15) is 0 Å². The molecule has 5 nitrogen and oxygen atoms in total. The molecule has 2 fully saturated rings. The molecule has 32 heavy (non-hydrogen) atoms. The highest BCUT2D eigenvalue weighted by Crippen LogP contribution is 2.71. The van der Waals surface area contributed by atoms with Gasteiger partial charge in [0.1, 0.15) is 0 Å². The summed E-state index contributed by atoms with van der Waals surface area (Å²) in [5, 5.41) is 8.02. The molecular weight excluding hydrogens is 447 g/mol. The van der Waals surface area contributed by atoms with Crippen molar-refractivity contribution in [3.05, 3.63) is 63.6 Å². The highest BCUT2D eigenvalue weighted by atomic mass is 35.5. The Morgan fingerprint density at radius 3 is 2.25 bits per heavy atom. The molecule has 1 N–H and O–H groups in total. The maximum Gasteiger partial charge on any atom is 0.365 e. The second-order valence-electron chi connectivity index (χ2n) is 9.55. The van der Waals surface area contributed by atoms with Gasteiger partial charge < -0.3 is 10.2 Å². The summed E-state index contributed by atoms with van der Waals surface area (Å²) in [6, 6.07) is 12.3. The summed E-state index contributed by atoms with van der Waals surface area (Å²) in [6.07, 6.45) is 1.88. The van der Waals surface area contributed by atoms with Crippen molar-refractivity contribution in [3.63, 3.8) is 0 Å². The van der Waals surface area contributed by atoms with E-state index in [0.717, 1.165) is 17.7 Å². The Morgan fingerprint density at radius 1 is 1.00 bits per heavy atom. The summed E-state index contributed by atoms with van der Waals surface area (Å²) in [6.45, 7) is 8.21. The molecule has 2 atom stereocenters. The molecule has 2 unspecified atom stereocenters. The smallest absolute Gasteiger partial charge is 0.323 e. The van der Waals surface area contributed by atoms with E-state index in [9.17, 15) is 9.59 Å². The molecule has 0 aromatic heterocycles. The fourth-order valence-electron chi connectivity index (χ4n) is 5.21. The fourth-order valence-corrected chi connectivity index (χ4v) is 5.70. The SMILES string of the molecule is Cc1ccc(C(=O)O/N=C2\CC3(C(=O)Nc4c(Cl)cccc4Cl)CCC2(C)C3(C)C)cc1. The van der Waals surface area contributed by atoms with Gasteiger partial charge in [-0.1, -0.05) is 72.9 Å². The number of benzene rings is 2. The zero-order chi connectivity index (χ0) is 23.3. The summed E-state index contributed by atoms with van der Waals surface area (Å²) in [5.41, 5.74) is 1.15. The second kappa shape index (κ2) is 7.89. The molecule has 2 bridgehead atoms.